The highest BCUT2D eigenvalue weighted by Gasteiger charge is 2.62. The second-order valence-electron chi connectivity index (χ2n) is 7.50. The average molecular weight is 296 g/mol. The van der Waals surface area contributed by atoms with Crippen LogP contribution in [0.1, 0.15) is 52.9 Å². The zero-order chi connectivity index (χ0) is 16.0. The van der Waals surface area contributed by atoms with Crippen molar-refractivity contribution in [2.24, 2.45) is 28.6 Å². The highest BCUT2D eigenvalue weighted by atomic mass is 16.4. The van der Waals surface area contributed by atoms with E-state index in [1.54, 1.807) is 0 Å². The van der Waals surface area contributed by atoms with Gasteiger partial charge >= 0.3 is 11.9 Å². The second-order valence-corrected chi connectivity index (χ2v) is 7.50. The van der Waals surface area contributed by atoms with Gasteiger partial charge in [0.25, 0.3) is 0 Å². The molecule has 0 radical (unpaired) electrons. The predicted octanol–water partition coefficient (Wildman–Crippen LogP) is 2.58. The topological polar surface area (TPSA) is 91.7 Å². The van der Waals surface area contributed by atoms with Gasteiger partial charge in [-0.15, -0.1) is 0 Å². The zero-order valence-electron chi connectivity index (χ0n) is 12.9. The number of carbonyl (C=O) groups is 3. The van der Waals surface area contributed by atoms with Gasteiger partial charge in [0.05, 0.1) is 5.92 Å². The maximum absolute atomic E-state index is 12.1. The van der Waals surface area contributed by atoms with E-state index in [1.165, 1.54) is 0 Å². The number of rotatable bonds is 4. The van der Waals surface area contributed by atoms with Crippen molar-refractivity contribution in [2.45, 2.75) is 52.9 Å². The van der Waals surface area contributed by atoms with Crippen molar-refractivity contribution >= 4 is 17.7 Å². The van der Waals surface area contributed by atoms with Gasteiger partial charge in [-0.3, -0.25) is 14.4 Å². The molecule has 2 aliphatic carbocycles. The fourth-order valence-corrected chi connectivity index (χ4v) is 4.81. The molecule has 0 saturated heterocycles. The Kier molecular flexibility index (Phi) is 3.89. The van der Waals surface area contributed by atoms with E-state index in [0.717, 1.165) is 0 Å². The minimum Gasteiger partial charge on any atom is -0.481 e. The largest absolute Gasteiger partial charge is 0.481 e. The summed E-state index contributed by atoms with van der Waals surface area (Å²) in [6.45, 7) is 5.71. The maximum Gasteiger partial charge on any atom is 0.307 e. The number of carboxylic acids is 2. The van der Waals surface area contributed by atoms with E-state index < -0.39 is 23.3 Å². The highest BCUT2D eigenvalue weighted by molar-refractivity contribution is 5.83. The van der Waals surface area contributed by atoms with E-state index >= 15 is 0 Å². The van der Waals surface area contributed by atoms with Gasteiger partial charge < -0.3 is 10.2 Å². The molecule has 2 aliphatic rings. The normalized spacial score (nSPS) is 38.0. The average Bonchev–Trinajstić information content (AvgIpc) is 2.58. The molecule has 5 nitrogen and oxygen atoms in total. The Hall–Kier alpha value is -1.39. The van der Waals surface area contributed by atoms with Gasteiger partial charge in [0.1, 0.15) is 5.78 Å². The summed E-state index contributed by atoms with van der Waals surface area (Å²) in [5.74, 6) is -2.14. The summed E-state index contributed by atoms with van der Waals surface area (Å²) in [5, 5.41) is 18.5. The molecule has 0 bridgehead atoms. The Labute approximate surface area is 124 Å². The number of hydrogen-bond acceptors (Lipinski definition) is 3. The molecule has 4 unspecified atom stereocenters. The minimum atomic E-state index is -0.857. The van der Waals surface area contributed by atoms with Crippen LogP contribution in [-0.4, -0.2) is 27.9 Å². The van der Waals surface area contributed by atoms with Gasteiger partial charge in [0.15, 0.2) is 0 Å². The first-order valence-corrected chi connectivity index (χ1v) is 7.57. The van der Waals surface area contributed by atoms with E-state index in [1.807, 2.05) is 20.8 Å². The van der Waals surface area contributed by atoms with E-state index in [9.17, 15) is 19.5 Å². The Morgan fingerprint density at radius 1 is 1.24 bits per heavy atom. The smallest absolute Gasteiger partial charge is 0.307 e. The Bertz CT molecular complexity index is 481. The molecule has 4 atom stereocenters. The fraction of sp³-hybridized carbons (Fsp3) is 0.812. The lowest BCUT2D eigenvalue weighted by Crippen LogP contribution is -2.42. The van der Waals surface area contributed by atoms with Crippen LogP contribution in [0.15, 0.2) is 0 Å². The molecule has 2 fully saturated rings. The summed E-state index contributed by atoms with van der Waals surface area (Å²) in [6.07, 6.45) is 2.01. The molecule has 2 N–H and O–H groups in total. The first-order valence-electron chi connectivity index (χ1n) is 7.57. The Morgan fingerprint density at radius 3 is 2.38 bits per heavy atom. The lowest BCUT2D eigenvalue weighted by Gasteiger charge is -2.45. The molecular weight excluding hydrogens is 272 g/mol. The zero-order valence-corrected chi connectivity index (χ0v) is 12.9. The lowest BCUT2D eigenvalue weighted by molar-refractivity contribution is -0.146. The van der Waals surface area contributed by atoms with E-state index in [4.69, 9.17) is 5.11 Å². The standard InChI is InChI=1S/C16H24O5/c1-9-7-16(5-4-13(18)19)8-10(14(20)21)15(2,3)12(16)6-11(9)17/h9-10,12H,4-8H2,1-3H3,(H,18,19)(H,20,21). The summed E-state index contributed by atoms with van der Waals surface area (Å²) in [5.41, 5.74) is -0.793. The van der Waals surface area contributed by atoms with Crippen molar-refractivity contribution in [2.75, 3.05) is 0 Å². The molecule has 0 aromatic heterocycles. The molecular formula is C16H24O5. The third kappa shape index (κ3) is 2.58. The van der Waals surface area contributed by atoms with Crippen molar-refractivity contribution < 1.29 is 24.6 Å². The number of carboxylic acid groups (broad SMARTS) is 2. The summed E-state index contributed by atoms with van der Waals surface area (Å²) in [7, 11) is 0. The first-order chi connectivity index (χ1) is 9.60. The fourth-order valence-electron chi connectivity index (χ4n) is 4.81. The number of carbonyl (C=O) groups excluding carboxylic acids is 1. The summed E-state index contributed by atoms with van der Waals surface area (Å²) in [4.78, 5) is 34.7. The molecule has 0 aromatic carbocycles. The number of hydrogen-bond donors (Lipinski definition) is 2. The number of aliphatic carboxylic acids is 2. The van der Waals surface area contributed by atoms with Crippen molar-refractivity contribution in [3.8, 4) is 0 Å². The van der Waals surface area contributed by atoms with Gasteiger partial charge in [0.2, 0.25) is 0 Å². The van der Waals surface area contributed by atoms with Gasteiger partial charge in [-0.1, -0.05) is 20.8 Å². The Morgan fingerprint density at radius 2 is 1.86 bits per heavy atom. The Balaban J connectivity index is 2.38. The molecule has 5 heteroatoms. The van der Waals surface area contributed by atoms with Crippen molar-refractivity contribution in [3.05, 3.63) is 0 Å². The van der Waals surface area contributed by atoms with Crippen molar-refractivity contribution in [1.29, 1.82) is 0 Å². The van der Waals surface area contributed by atoms with E-state index in [0.29, 0.717) is 25.7 Å². The summed E-state index contributed by atoms with van der Waals surface area (Å²) >= 11 is 0. The van der Waals surface area contributed by atoms with Gasteiger partial charge in [0, 0.05) is 18.8 Å². The third-order valence-electron chi connectivity index (χ3n) is 5.95. The van der Waals surface area contributed by atoms with Gasteiger partial charge in [-0.05, 0) is 36.0 Å². The molecule has 0 aromatic rings. The van der Waals surface area contributed by atoms with Crippen LogP contribution in [0.4, 0.5) is 0 Å². The van der Waals surface area contributed by atoms with Crippen LogP contribution in [0, 0.1) is 28.6 Å². The SMILES string of the molecule is CC1CC2(CCC(=O)O)CC(C(=O)O)C(C)(C)C2CC1=O. The molecule has 2 saturated carbocycles. The predicted molar refractivity (Wildman–Crippen MR) is 75.7 cm³/mol. The lowest BCUT2D eigenvalue weighted by atomic mass is 9.58. The van der Waals surface area contributed by atoms with Gasteiger partial charge in [-0.25, -0.2) is 0 Å². The summed E-state index contributed by atoms with van der Waals surface area (Å²) < 4.78 is 0. The molecule has 0 aliphatic heterocycles. The third-order valence-corrected chi connectivity index (χ3v) is 5.95. The van der Waals surface area contributed by atoms with Crippen LogP contribution >= 0.6 is 0 Å². The minimum absolute atomic E-state index is 0.0332. The van der Waals surface area contributed by atoms with Crippen LogP contribution in [0.5, 0.6) is 0 Å². The highest BCUT2D eigenvalue weighted by Crippen LogP contribution is 2.65. The first kappa shape index (κ1) is 16.0. The van der Waals surface area contributed by atoms with Crippen LogP contribution in [-0.2, 0) is 14.4 Å². The molecule has 118 valence electrons. The summed E-state index contributed by atoms with van der Waals surface area (Å²) in [6, 6.07) is 0. The van der Waals surface area contributed by atoms with Crippen molar-refractivity contribution in [1.82, 2.24) is 0 Å². The van der Waals surface area contributed by atoms with Crippen molar-refractivity contribution in [3.63, 3.8) is 0 Å². The quantitative estimate of drug-likeness (QED) is 0.832. The van der Waals surface area contributed by atoms with Crippen LogP contribution in [0.25, 0.3) is 0 Å². The van der Waals surface area contributed by atoms with Gasteiger partial charge in [-0.2, -0.15) is 0 Å². The van der Waals surface area contributed by atoms with E-state index in [-0.39, 0.29) is 29.5 Å². The number of fused-ring (bicyclic) bond motifs is 1. The maximum atomic E-state index is 12.1. The molecule has 2 rings (SSSR count). The molecule has 0 amide bonds. The van der Waals surface area contributed by atoms with Crippen LogP contribution in [0.2, 0.25) is 0 Å². The monoisotopic (exact) mass is 296 g/mol. The second kappa shape index (κ2) is 5.11. The molecule has 0 heterocycles. The number of Topliss-reactive ketones (excluding diaryl/α,β-unsaturated/α-hetero) is 1. The van der Waals surface area contributed by atoms with E-state index in [2.05, 4.69) is 0 Å². The number of ketones is 1. The molecule has 0 spiro atoms. The van der Waals surface area contributed by atoms with Crippen LogP contribution in [0.3, 0.4) is 0 Å². The molecule has 21 heavy (non-hydrogen) atoms. The van der Waals surface area contributed by atoms with Crippen LogP contribution < -0.4 is 0 Å².